The lowest BCUT2D eigenvalue weighted by Gasteiger charge is -2.06. The highest BCUT2D eigenvalue weighted by atomic mass is 32.2. The lowest BCUT2D eigenvalue weighted by molar-refractivity contribution is -0.425. The van der Waals surface area contributed by atoms with E-state index in [4.69, 9.17) is 0 Å². The fourth-order valence-corrected chi connectivity index (χ4v) is 6.69. The summed E-state index contributed by atoms with van der Waals surface area (Å²) >= 11 is 0. The number of benzene rings is 4. The molecule has 0 bridgehead atoms. The van der Waals surface area contributed by atoms with Crippen LogP contribution in [0.4, 0.5) is 5.69 Å². The first kappa shape index (κ1) is 28.8. The minimum atomic E-state index is -4.48. The number of hydrogen-bond acceptors (Lipinski definition) is 4. The topological polar surface area (TPSA) is 137 Å². The van der Waals surface area contributed by atoms with Gasteiger partial charge in [-0.15, -0.1) is 0 Å². The molecule has 4 aromatic carbocycles. The molecule has 0 aliphatic carbocycles. The third-order valence-corrected chi connectivity index (χ3v) is 8.66. The van der Waals surface area contributed by atoms with Crippen LogP contribution in [0.15, 0.2) is 102 Å². The minimum absolute atomic E-state index is 0.169. The smallest absolute Gasteiger partial charge is 0.370 e. The van der Waals surface area contributed by atoms with Gasteiger partial charge in [-0.25, -0.2) is 4.79 Å². The van der Waals surface area contributed by atoms with Gasteiger partial charge in [0.1, 0.15) is 11.4 Å². The second-order valence-corrected chi connectivity index (χ2v) is 11.8. The van der Waals surface area contributed by atoms with Crippen LogP contribution in [-0.2, 0) is 26.3 Å². The van der Waals surface area contributed by atoms with Crippen molar-refractivity contribution in [3.8, 4) is 0 Å². The molecular formula is C34H27N2O7S+. The molecule has 1 aliphatic heterocycles. The summed E-state index contributed by atoms with van der Waals surface area (Å²) in [5, 5.41) is 23.4. The number of aliphatic carboxylic acids is 2. The van der Waals surface area contributed by atoms with Gasteiger partial charge in [0.25, 0.3) is 10.1 Å². The van der Waals surface area contributed by atoms with Crippen molar-refractivity contribution in [3.05, 3.63) is 114 Å². The highest BCUT2D eigenvalue weighted by Gasteiger charge is 2.32. The maximum absolute atomic E-state index is 12.0. The fourth-order valence-electron chi connectivity index (χ4n) is 6.00. The van der Waals surface area contributed by atoms with Gasteiger partial charge in [-0.05, 0) is 42.1 Å². The quantitative estimate of drug-likeness (QED) is 0.122. The Labute approximate surface area is 252 Å². The lowest BCUT2D eigenvalue weighted by atomic mass is 9.99. The van der Waals surface area contributed by atoms with Crippen LogP contribution in [0.3, 0.4) is 0 Å². The number of nitrogens with zero attached hydrogens (tertiary/aromatic N) is 2. The van der Waals surface area contributed by atoms with Gasteiger partial charge in [0.2, 0.25) is 17.9 Å². The number of carboxylic acids is 2. The van der Waals surface area contributed by atoms with Crippen molar-refractivity contribution in [1.29, 1.82) is 0 Å². The van der Waals surface area contributed by atoms with Crippen LogP contribution >= 0.6 is 0 Å². The Bertz CT molecular complexity index is 2320. The zero-order valence-electron chi connectivity index (χ0n) is 23.5. The van der Waals surface area contributed by atoms with E-state index < -0.39 is 22.1 Å². The van der Waals surface area contributed by atoms with E-state index in [0.29, 0.717) is 27.0 Å². The van der Waals surface area contributed by atoms with E-state index in [9.17, 15) is 32.8 Å². The van der Waals surface area contributed by atoms with Gasteiger partial charge >= 0.3 is 11.9 Å². The maximum atomic E-state index is 12.0. The molecule has 0 unspecified atom stereocenters. The summed E-state index contributed by atoms with van der Waals surface area (Å²) in [6, 6.07) is 17.8. The normalized spacial score (nSPS) is 14.2. The van der Waals surface area contributed by atoms with Crippen molar-refractivity contribution in [3.63, 3.8) is 0 Å². The Hall–Kier alpha value is -5.32. The molecule has 0 saturated heterocycles. The summed E-state index contributed by atoms with van der Waals surface area (Å²) in [5.74, 6) is -1.99. The number of hydrogen-bond donors (Lipinski definition) is 3. The standard InChI is InChI=1S/C34H26N2O7S/c1-21-15-16-28-33-22(21)9-7-10-23(33)26(35(28)19-31(37)38)13-5-3-2-4-6-14-27-24-11-8-12-25-30(44(41,42)43)18-17-29(34(24)25)36(27)20-32(39)40/h2-18H,19-20H2,1H3,(H2-,37,38,39,40,41,42,43)/p+1. The predicted molar refractivity (Wildman–Crippen MR) is 169 cm³/mol. The minimum Gasteiger partial charge on any atom is -0.480 e. The number of carbonyl (C=O) groups is 2. The van der Waals surface area contributed by atoms with E-state index in [1.165, 1.54) is 12.1 Å². The Morgan fingerprint density at radius 2 is 1.52 bits per heavy atom. The van der Waals surface area contributed by atoms with Crippen molar-refractivity contribution in [2.75, 3.05) is 6.54 Å². The zero-order valence-corrected chi connectivity index (χ0v) is 24.3. The molecule has 220 valence electrons. The molecule has 6 rings (SSSR count). The molecule has 2 heterocycles. The molecule has 0 saturated carbocycles. The van der Waals surface area contributed by atoms with Crippen molar-refractivity contribution < 1.29 is 37.3 Å². The van der Waals surface area contributed by atoms with Crippen molar-refractivity contribution >= 4 is 72.0 Å². The second-order valence-electron chi connectivity index (χ2n) is 10.4. The number of rotatable bonds is 9. The number of aryl methyl sites for hydroxylation is 1. The number of allylic oxidation sites excluding steroid dienone is 6. The summed E-state index contributed by atoms with van der Waals surface area (Å²) in [6.45, 7) is 1.52. The molecule has 0 atom stereocenters. The summed E-state index contributed by atoms with van der Waals surface area (Å²) in [5.41, 5.74) is 4.28. The summed E-state index contributed by atoms with van der Waals surface area (Å²) in [6.07, 6.45) is 12.6. The van der Waals surface area contributed by atoms with E-state index in [1.54, 1.807) is 51.6 Å². The lowest BCUT2D eigenvalue weighted by Crippen LogP contribution is -2.21. The van der Waals surface area contributed by atoms with Gasteiger partial charge in [0, 0.05) is 33.7 Å². The van der Waals surface area contributed by atoms with Crippen LogP contribution in [0.2, 0.25) is 0 Å². The first-order valence-corrected chi connectivity index (χ1v) is 15.1. The fraction of sp³-hybridized carbons (Fsp3) is 0.0882. The van der Waals surface area contributed by atoms with Crippen molar-refractivity contribution in [2.24, 2.45) is 0 Å². The van der Waals surface area contributed by atoms with Gasteiger partial charge in [0.05, 0.1) is 16.5 Å². The van der Waals surface area contributed by atoms with Crippen LogP contribution < -0.4 is 5.35 Å². The van der Waals surface area contributed by atoms with E-state index in [-0.39, 0.29) is 18.0 Å². The molecule has 1 aromatic heterocycles. The number of carboxylic acid groups (broad SMARTS) is 2. The molecule has 3 N–H and O–H groups in total. The monoisotopic (exact) mass is 607 g/mol. The van der Waals surface area contributed by atoms with E-state index in [1.807, 2.05) is 55.5 Å². The van der Waals surface area contributed by atoms with Crippen molar-refractivity contribution in [1.82, 2.24) is 4.57 Å². The van der Waals surface area contributed by atoms with E-state index in [0.717, 1.165) is 33.3 Å². The molecule has 44 heavy (non-hydrogen) atoms. The van der Waals surface area contributed by atoms with E-state index in [2.05, 4.69) is 0 Å². The SMILES string of the molecule is Cc1ccc2c3c(cccc13)C(/C=C/C=C/C=C/C=c1/c3cccc4c(S(=O)(=O)O)ccc(c43)n1CC(=O)O)=[N+]2CC(=O)O. The van der Waals surface area contributed by atoms with Gasteiger partial charge in [-0.1, -0.05) is 66.8 Å². The average Bonchev–Trinajstić information content (AvgIpc) is 3.42. The predicted octanol–water partition coefficient (Wildman–Crippen LogP) is 4.99. The number of aromatic nitrogens is 1. The van der Waals surface area contributed by atoms with Crippen LogP contribution in [-0.4, -0.2) is 56.5 Å². The largest absolute Gasteiger partial charge is 0.480 e. The summed E-state index contributed by atoms with van der Waals surface area (Å²) < 4.78 is 37.1. The Morgan fingerprint density at radius 3 is 2.27 bits per heavy atom. The van der Waals surface area contributed by atoms with Crippen molar-refractivity contribution in [2.45, 2.75) is 18.4 Å². The Kier molecular flexibility index (Phi) is 7.24. The third kappa shape index (κ3) is 5.00. The molecule has 0 fully saturated rings. The zero-order chi connectivity index (χ0) is 31.2. The molecule has 0 amide bonds. The first-order valence-electron chi connectivity index (χ1n) is 13.7. The molecular weight excluding hydrogens is 580 g/mol. The third-order valence-electron chi connectivity index (χ3n) is 7.75. The Morgan fingerprint density at radius 1 is 0.818 bits per heavy atom. The maximum Gasteiger partial charge on any atom is 0.370 e. The second kappa shape index (κ2) is 11.1. The highest BCUT2D eigenvalue weighted by Crippen LogP contribution is 2.37. The van der Waals surface area contributed by atoms with Gasteiger partial charge < -0.3 is 14.8 Å². The van der Waals surface area contributed by atoms with Gasteiger partial charge in [0.15, 0.2) is 0 Å². The molecule has 9 nitrogen and oxygen atoms in total. The van der Waals surface area contributed by atoms with Crippen LogP contribution in [0.25, 0.3) is 38.5 Å². The first-order chi connectivity index (χ1) is 21.1. The van der Waals surface area contributed by atoms with Crippen LogP contribution in [0.1, 0.15) is 11.1 Å². The van der Waals surface area contributed by atoms with Gasteiger partial charge in [-0.3, -0.25) is 9.35 Å². The summed E-state index contributed by atoms with van der Waals surface area (Å²) in [7, 11) is -4.48. The molecule has 0 radical (unpaired) electrons. The molecule has 10 heteroatoms. The van der Waals surface area contributed by atoms with E-state index >= 15 is 0 Å². The highest BCUT2D eigenvalue weighted by molar-refractivity contribution is 7.86. The molecule has 0 spiro atoms. The molecule has 1 aliphatic rings. The van der Waals surface area contributed by atoms with Crippen LogP contribution in [0.5, 0.6) is 0 Å². The molecule has 5 aromatic rings. The van der Waals surface area contributed by atoms with Gasteiger partial charge in [-0.2, -0.15) is 13.0 Å². The average molecular weight is 608 g/mol. The Balaban J connectivity index is 1.35. The summed E-state index contributed by atoms with van der Waals surface area (Å²) in [4.78, 5) is 23.2. The van der Waals surface area contributed by atoms with Crippen LogP contribution in [0, 0.1) is 6.92 Å².